The highest BCUT2D eigenvalue weighted by Gasteiger charge is 2.60. The molecule has 368 valence electrons. The Morgan fingerprint density at radius 1 is 0.254 bits per heavy atom. The van der Waals surface area contributed by atoms with E-state index in [2.05, 4.69) is 91.7 Å². The van der Waals surface area contributed by atoms with Crippen molar-refractivity contribution in [2.45, 2.75) is 154 Å². The molecule has 0 unspecified atom stereocenters. The first kappa shape index (κ1) is 53.6. The topological polar surface area (TPSA) is 166 Å². The second-order valence-corrected chi connectivity index (χ2v) is 52.4. The van der Waals surface area contributed by atoms with E-state index in [1.165, 1.54) is 0 Å². The highest BCUT2D eigenvalue weighted by molar-refractivity contribution is 6.68. The summed E-state index contributed by atoms with van der Waals surface area (Å²) >= 11 is 0. The Labute approximate surface area is 386 Å². The molecule has 0 aromatic heterocycles. The minimum atomic E-state index is -2.29. The van der Waals surface area contributed by atoms with Crippen LogP contribution in [0, 0.1) is 5.41 Å². The predicted molar refractivity (Wildman–Crippen MR) is 253 cm³/mol. The summed E-state index contributed by atoms with van der Waals surface area (Å²) in [6.45, 7) is 44.0. The molecule has 9 aliphatic rings. The lowest BCUT2D eigenvalue weighted by Crippen LogP contribution is -2.71. The molecule has 0 radical (unpaired) electrons. The van der Waals surface area contributed by atoms with Gasteiger partial charge in [-0.15, -0.1) is 0 Å². The summed E-state index contributed by atoms with van der Waals surface area (Å²) in [5.41, 5.74) is -1.21. The van der Waals surface area contributed by atoms with Gasteiger partial charge in [0.1, 0.15) is 16.8 Å². The summed E-state index contributed by atoms with van der Waals surface area (Å²) in [6.07, 6.45) is 0.187. The standard InChI is InChI=1S/C13H28O6Si3.C9H20O4Si2.C8H18O4Si2.C6H14O4Si2/c1-20(2)14-8-12(9-15-20)7-13(19-22(5,6)18-12)10-16-21(3,4)17-11-13;1-14(2)10-5-9(6-11-14)7-12-15(3,4)13-8-9;1-13(2)9-5-8(6-10-13)7-11-14(3,4)12-8;1-11(2)7-5-6(8-11)10-12(3,4)9-5/h7-11H2,1-6H3;5-8H2,1-4H3;5-7H2,1-4H3;5-6H,1-4H3. The molecule has 0 saturated carbocycles. The molecule has 18 nitrogen and oxygen atoms in total. The van der Waals surface area contributed by atoms with Crippen LogP contribution in [0.15, 0.2) is 0 Å². The third-order valence-corrected chi connectivity index (χ3v) is 26.7. The van der Waals surface area contributed by atoms with Gasteiger partial charge >= 0.3 is 77.0 Å². The minimum absolute atomic E-state index is 0.0506. The first-order chi connectivity index (χ1) is 28.5. The highest BCUT2D eigenvalue weighted by Crippen LogP contribution is 2.44. The van der Waals surface area contributed by atoms with Crippen LogP contribution < -0.4 is 0 Å². The van der Waals surface area contributed by atoms with Crippen molar-refractivity contribution in [1.82, 2.24) is 0 Å². The fourth-order valence-corrected chi connectivity index (χ4v) is 22.5. The monoisotopic (exact) mass is 1050 g/mol. The largest absolute Gasteiger partial charge is 0.394 e. The first-order valence-corrected chi connectivity index (χ1v) is 47.7. The van der Waals surface area contributed by atoms with Crippen molar-refractivity contribution >= 4 is 77.0 Å². The lowest BCUT2D eigenvalue weighted by Gasteiger charge is -2.57. The molecular formula is C36H80O18Si9. The average Bonchev–Trinajstić information content (AvgIpc) is 3.71. The number of hydrogen-bond donors (Lipinski definition) is 0. The molecule has 0 bridgehead atoms. The molecular weight excluding hydrogens is 973 g/mol. The molecule has 9 heterocycles. The van der Waals surface area contributed by atoms with E-state index in [1.54, 1.807) is 0 Å². The molecule has 9 rings (SSSR count). The summed E-state index contributed by atoms with van der Waals surface area (Å²) < 4.78 is 106. The minimum Gasteiger partial charge on any atom is -0.394 e. The van der Waals surface area contributed by atoms with Crippen LogP contribution in [-0.2, 0) is 79.7 Å². The maximum absolute atomic E-state index is 6.36. The zero-order valence-electron chi connectivity index (χ0n) is 41.5. The normalized spacial score (nSPS) is 35.5. The summed E-state index contributed by atoms with van der Waals surface area (Å²) in [5, 5.41) is 0. The molecule has 0 aliphatic carbocycles. The van der Waals surface area contributed by atoms with Crippen LogP contribution in [-0.4, -0.2) is 179 Å². The number of rotatable bonds is 0. The van der Waals surface area contributed by atoms with E-state index in [4.69, 9.17) is 79.7 Å². The van der Waals surface area contributed by atoms with E-state index >= 15 is 0 Å². The van der Waals surface area contributed by atoms with Crippen LogP contribution in [0.5, 0.6) is 0 Å². The molecule has 9 saturated heterocycles. The molecule has 63 heavy (non-hydrogen) atoms. The molecule has 0 aromatic carbocycles. The van der Waals surface area contributed by atoms with Crippen LogP contribution in [0.25, 0.3) is 0 Å². The maximum atomic E-state index is 6.36. The molecule has 9 aliphatic heterocycles. The highest BCUT2D eigenvalue weighted by atomic mass is 28.4. The average molecular weight is 1050 g/mol. The van der Waals surface area contributed by atoms with Crippen LogP contribution in [0.2, 0.25) is 118 Å². The Morgan fingerprint density at radius 2 is 0.476 bits per heavy atom. The van der Waals surface area contributed by atoms with Gasteiger partial charge in [0.15, 0.2) is 12.6 Å². The summed E-state index contributed by atoms with van der Waals surface area (Å²) in [5.74, 6) is 0. The Kier molecular flexibility index (Phi) is 15.7. The molecule has 9 fully saturated rings. The SMILES string of the molecule is C[Si]1(C)OC2O[Si](C)(C)OC2O1.C[Si]1(C)OCC2(CO1)CC1(CO[Si](C)(C)OC1)O[Si](C)(C)O2.C[Si]1(C)OCC2(CO1)CO[Si](C)(C)O2.C[Si]1(C)OCC2(CO1)CO[Si](C)(C)OC2. The lowest BCUT2D eigenvalue weighted by molar-refractivity contribution is -0.198. The fraction of sp³-hybridized carbons (Fsp3) is 1.00. The lowest BCUT2D eigenvalue weighted by atomic mass is 9.89. The second-order valence-electron chi connectivity index (χ2n) is 22.5. The van der Waals surface area contributed by atoms with Crippen molar-refractivity contribution in [3.63, 3.8) is 0 Å². The van der Waals surface area contributed by atoms with Gasteiger partial charge in [0.05, 0.1) is 51.7 Å². The zero-order chi connectivity index (χ0) is 46.9. The predicted octanol–water partition coefficient (Wildman–Crippen LogP) is 5.93. The summed E-state index contributed by atoms with van der Waals surface area (Å²) in [7, 11) is -17.5. The van der Waals surface area contributed by atoms with Gasteiger partial charge < -0.3 is 79.7 Å². The van der Waals surface area contributed by atoms with Gasteiger partial charge in [-0.1, -0.05) is 0 Å². The molecule has 27 heteroatoms. The molecule has 0 aromatic rings. The fourth-order valence-electron chi connectivity index (χ4n) is 8.24. The van der Waals surface area contributed by atoms with Crippen LogP contribution >= 0.6 is 0 Å². The third kappa shape index (κ3) is 14.9. The molecule has 0 amide bonds. The van der Waals surface area contributed by atoms with Crippen LogP contribution in [0.4, 0.5) is 0 Å². The third-order valence-electron chi connectivity index (χ3n) is 11.5. The molecule has 4 spiro atoms. The van der Waals surface area contributed by atoms with Crippen LogP contribution in [0.3, 0.4) is 0 Å². The zero-order valence-corrected chi connectivity index (χ0v) is 50.5. The van der Waals surface area contributed by atoms with Gasteiger partial charge in [0.25, 0.3) is 0 Å². The van der Waals surface area contributed by atoms with Gasteiger partial charge in [-0.25, -0.2) is 0 Å². The van der Waals surface area contributed by atoms with Crippen molar-refractivity contribution < 1.29 is 79.7 Å². The number of fused-ring (bicyclic) bond motifs is 1. The van der Waals surface area contributed by atoms with E-state index in [-0.39, 0.29) is 23.6 Å². The smallest absolute Gasteiger partial charge is 0.335 e. The maximum Gasteiger partial charge on any atom is 0.335 e. The van der Waals surface area contributed by atoms with Gasteiger partial charge in [0.2, 0.25) is 0 Å². The van der Waals surface area contributed by atoms with Crippen molar-refractivity contribution in [2.24, 2.45) is 5.41 Å². The molecule has 0 N–H and O–H groups in total. The van der Waals surface area contributed by atoms with Gasteiger partial charge in [0, 0.05) is 32.8 Å². The van der Waals surface area contributed by atoms with Crippen molar-refractivity contribution in [1.29, 1.82) is 0 Å². The van der Waals surface area contributed by atoms with Gasteiger partial charge in [-0.2, -0.15) is 0 Å². The number of hydrogen-bond acceptors (Lipinski definition) is 18. The Hall–Kier alpha value is 1.23. The second kappa shape index (κ2) is 18.4. The summed E-state index contributed by atoms with van der Waals surface area (Å²) in [6, 6.07) is 0. The van der Waals surface area contributed by atoms with Crippen molar-refractivity contribution in [3.8, 4) is 0 Å². The summed E-state index contributed by atoms with van der Waals surface area (Å²) in [4.78, 5) is 0. The molecule has 0 atom stereocenters. The Morgan fingerprint density at radius 3 is 0.746 bits per heavy atom. The van der Waals surface area contributed by atoms with Gasteiger partial charge in [-0.3, -0.25) is 0 Å². The van der Waals surface area contributed by atoms with E-state index < -0.39 is 88.3 Å². The van der Waals surface area contributed by atoms with Gasteiger partial charge in [-0.05, 0) is 118 Å². The van der Waals surface area contributed by atoms with E-state index in [0.717, 1.165) is 26.4 Å². The Bertz CT molecular complexity index is 1450. The van der Waals surface area contributed by atoms with E-state index in [9.17, 15) is 0 Å². The van der Waals surface area contributed by atoms with Crippen LogP contribution in [0.1, 0.15) is 6.42 Å². The van der Waals surface area contributed by atoms with Crippen molar-refractivity contribution in [3.05, 3.63) is 0 Å². The van der Waals surface area contributed by atoms with E-state index in [1.807, 2.05) is 26.2 Å². The van der Waals surface area contributed by atoms with E-state index in [0.29, 0.717) is 52.7 Å². The quantitative estimate of drug-likeness (QED) is 0.262. The Balaban J connectivity index is 0.000000144. The van der Waals surface area contributed by atoms with Crippen molar-refractivity contribution in [2.75, 3.05) is 72.7 Å². The first-order valence-electron chi connectivity index (χ1n) is 22.3.